The SMILES string of the molecule is CCc1nc(SCC(=O)Nc2cc3c(cc2C(C)=O)OCO3)n[nH]1. The summed E-state index contributed by atoms with van der Waals surface area (Å²) in [5.74, 6) is 1.48. The molecule has 0 radical (unpaired) electrons. The molecule has 9 heteroatoms. The van der Waals surface area contributed by atoms with Gasteiger partial charge in [0.1, 0.15) is 5.82 Å². The van der Waals surface area contributed by atoms with E-state index in [1.54, 1.807) is 12.1 Å². The van der Waals surface area contributed by atoms with Crippen molar-refractivity contribution in [2.75, 3.05) is 17.9 Å². The smallest absolute Gasteiger partial charge is 0.234 e. The summed E-state index contributed by atoms with van der Waals surface area (Å²) in [6.07, 6.45) is 0.749. The molecule has 1 aliphatic heterocycles. The van der Waals surface area contributed by atoms with Crippen molar-refractivity contribution in [2.24, 2.45) is 0 Å². The Balaban J connectivity index is 1.68. The molecule has 126 valence electrons. The monoisotopic (exact) mass is 348 g/mol. The number of nitrogens with one attached hydrogen (secondary N) is 2. The van der Waals surface area contributed by atoms with Gasteiger partial charge in [-0.05, 0) is 13.0 Å². The van der Waals surface area contributed by atoms with Gasteiger partial charge in [-0.3, -0.25) is 14.7 Å². The number of benzene rings is 1. The Morgan fingerprint density at radius 2 is 2.08 bits per heavy atom. The lowest BCUT2D eigenvalue weighted by Crippen LogP contribution is -2.16. The third-order valence-corrected chi connectivity index (χ3v) is 4.19. The van der Waals surface area contributed by atoms with Crippen molar-refractivity contribution in [3.63, 3.8) is 0 Å². The number of rotatable bonds is 6. The number of aromatic amines is 1. The van der Waals surface area contributed by atoms with Gasteiger partial charge in [-0.2, -0.15) is 0 Å². The van der Waals surface area contributed by atoms with Gasteiger partial charge >= 0.3 is 0 Å². The molecule has 2 aromatic rings. The lowest BCUT2D eigenvalue weighted by Gasteiger charge is -2.10. The van der Waals surface area contributed by atoms with Crippen LogP contribution in [-0.2, 0) is 11.2 Å². The Morgan fingerprint density at radius 1 is 1.33 bits per heavy atom. The number of aromatic nitrogens is 3. The Morgan fingerprint density at radius 3 is 2.75 bits per heavy atom. The van der Waals surface area contributed by atoms with Crippen molar-refractivity contribution in [1.82, 2.24) is 15.2 Å². The summed E-state index contributed by atoms with van der Waals surface area (Å²) in [7, 11) is 0. The Labute approximate surface area is 142 Å². The van der Waals surface area contributed by atoms with Gasteiger partial charge in [0.2, 0.25) is 17.9 Å². The predicted molar refractivity (Wildman–Crippen MR) is 87.7 cm³/mol. The van der Waals surface area contributed by atoms with Gasteiger partial charge in [0.25, 0.3) is 0 Å². The molecule has 0 bridgehead atoms. The number of carbonyl (C=O) groups is 2. The van der Waals surface area contributed by atoms with Gasteiger partial charge < -0.3 is 14.8 Å². The average Bonchev–Trinajstić information content (AvgIpc) is 3.20. The van der Waals surface area contributed by atoms with Crippen molar-refractivity contribution < 1.29 is 19.1 Å². The van der Waals surface area contributed by atoms with Gasteiger partial charge in [-0.1, -0.05) is 18.7 Å². The number of ether oxygens (including phenoxy) is 2. The molecule has 0 spiro atoms. The molecule has 0 saturated carbocycles. The van der Waals surface area contributed by atoms with Crippen molar-refractivity contribution in [3.8, 4) is 11.5 Å². The minimum atomic E-state index is -0.260. The van der Waals surface area contributed by atoms with Gasteiger partial charge in [-0.15, -0.1) is 5.10 Å². The summed E-state index contributed by atoms with van der Waals surface area (Å²) < 4.78 is 10.5. The maximum atomic E-state index is 12.2. The molecule has 0 saturated heterocycles. The largest absolute Gasteiger partial charge is 0.454 e. The van der Waals surface area contributed by atoms with E-state index in [2.05, 4.69) is 20.5 Å². The molecule has 8 nitrogen and oxygen atoms in total. The molecule has 2 N–H and O–H groups in total. The summed E-state index contributed by atoms with van der Waals surface area (Å²) in [5, 5.41) is 10.1. The first-order valence-electron chi connectivity index (χ1n) is 7.35. The number of hydrogen-bond acceptors (Lipinski definition) is 7. The Kier molecular flexibility index (Phi) is 4.70. The van der Waals surface area contributed by atoms with Gasteiger partial charge in [0, 0.05) is 18.1 Å². The fourth-order valence-corrected chi connectivity index (χ4v) is 2.77. The van der Waals surface area contributed by atoms with Crippen LogP contribution in [-0.4, -0.2) is 39.4 Å². The maximum Gasteiger partial charge on any atom is 0.234 e. The molecule has 0 unspecified atom stereocenters. The van der Waals surface area contributed by atoms with Gasteiger partial charge in [-0.25, -0.2) is 4.98 Å². The van der Waals surface area contributed by atoms with E-state index in [0.29, 0.717) is 27.9 Å². The Hall–Kier alpha value is -2.55. The second-order valence-electron chi connectivity index (χ2n) is 5.06. The standard InChI is InChI=1S/C15H16N4O4S/c1-3-13-17-15(19-18-13)24-6-14(21)16-10-5-12-11(22-7-23-12)4-9(10)8(2)20/h4-5H,3,6-7H2,1-2H3,(H,16,21)(H,17,18,19). The van der Waals surface area contributed by atoms with Crippen LogP contribution in [0.25, 0.3) is 0 Å². The first-order chi connectivity index (χ1) is 11.6. The van der Waals surface area contributed by atoms with E-state index in [0.717, 1.165) is 12.2 Å². The second-order valence-corrected chi connectivity index (χ2v) is 6.00. The van der Waals surface area contributed by atoms with Crippen LogP contribution in [0.2, 0.25) is 0 Å². The number of fused-ring (bicyclic) bond motifs is 1. The zero-order valence-corrected chi connectivity index (χ0v) is 14.0. The third-order valence-electron chi connectivity index (χ3n) is 3.34. The molecule has 3 rings (SSSR count). The highest BCUT2D eigenvalue weighted by atomic mass is 32.2. The first kappa shape index (κ1) is 16.3. The number of H-pyrrole nitrogens is 1. The number of thioether (sulfide) groups is 1. The zero-order valence-electron chi connectivity index (χ0n) is 13.2. The fourth-order valence-electron chi connectivity index (χ4n) is 2.15. The Bertz CT molecular complexity index is 790. The molecule has 1 aromatic heterocycles. The van der Waals surface area contributed by atoms with Crippen LogP contribution >= 0.6 is 11.8 Å². The lowest BCUT2D eigenvalue weighted by molar-refractivity contribution is -0.113. The van der Waals surface area contributed by atoms with Crippen LogP contribution < -0.4 is 14.8 Å². The summed E-state index contributed by atoms with van der Waals surface area (Å²) >= 11 is 1.22. The predicted octanol–water partition coefficient (Wildman–Crippen LogP) is 2.03. The van der Waals surface area contributed by atoms with E-state index in [1.807, 2.05) is 6.92 Å². The van der Waals surface area contributed by atoms with E-state index in [9.17, 15) is 9.59 Å². The molecule has 1 amide bonds. The van der Waals surface area contributed by atoms with E-state index in [1.165, 1.54) is 18.7 Å². The van der Waals surface area contributed by atoms with Crippen LogP contribution in [0.5, 0.6) is 11.5 Å². The minimum Gasteiger partial charge on any atom is -0.454 e. The van der Waals surface area contributed by atoms with Crippen molar-refractivity contribution in [1.29, 1.82) is 0 Å². The number of ketones is 1. The highest BCUT2D eigenvalue weighted by Gasteiger charge is 2.20. The summed E-state index contributed by atoms with van der Waals surface area (Å²) in [6.45, 7) is 3.50. The summed E-state index contributed by atoms with van der Waals surface area (Å²) in [6, 6.07) is 3.18. The first-order valence-corrected chi connectivity index (χ1v) is 8.34. The zero-order chi connectivity index (χ0) is 17.1. The average molecular weight is 348 g/mol. The molecular formula is C15H16N4O4S. The van der Waals surface area contributed by atoms with Crippen LogP contribution in [0, 0.1) is 0 Å². The van der Waals surface area contributed by atoms with E-state index >= 15 is 0 Å². The number of anilines is 1. The van der Waals surface area contributed by atoms with Crippen LogP contribution in [0.4, 0.5) is 5.69 Å². The van der Waals surface area contributed by atoms with E-state index < -0.39 is 0 Å². The minimum absolute atomic E-state index is 0.102. The molecule has 1 aliphatic rings. The second kappa shape index (κ2) is 6.91. The third kappa shape index (κ3) is 3.51. The topological polar surface area (TPSA) is 106 Å². The number of aryl methyl sites for hydroxylation is 1. The quantitative estimate of drug-likeness (QED) is 0.607. The molecule has 2 heterocycles. The van der Waals surface area contributed by atoms with Crippen molar-refractivity contribution in [3.05, 3.63) is 23.5 Å². The van der Waals surface area contributed by atoms with Crippen LogP contribution in [0.3, 0.4) is 0 Å². The normalized spacial score (nSPS) is 12.2. The van der Waals surface area contributed by atoms with Crippen LogP contribution in [0.15, 0.2) is 17.3 Å². The highest BCUT2D eigenvalue weighted by molar-refractivity contribution is 7.99. The van der Waals surface area contributed by atoms with E-state index in [-0.39, 0.29) is 24.2 Å². The van der Waals surface area contributed by atoms with Gasteiger partial charge in [0.05, 0.1) is 11.4 Å². The summed E-state index contributed by atoms with van der Waals surface area (Å²) in [4.78, 5) is 28.2. The molecule has 0 atom stereocenters. The number of hydrogen-bond donors (Lipinski definition) is 2. The lowest BCUT2D eigenvalue weighted by atomic mass is 10.1. The van der Waals surface area contributed by atoms with Crippen LogP contribution in [0.1, 0.15) is 30.0 Å². The molecule has 1 aromatic carbocycles. The summed E-state index contributed by atoms with van der Waals surface area (Å²) in [5.41, 5.74) is 0.783. The number of Topliss-reactive ketones (excluding diaryl/α,β-unsaturated/α-hetero) is 1. The van der Waals surface area contributed by atoms with Gasteiger partial charge in [0.15, 0.2) is 17.3 Å². The molecule has 24 heavy (non-hydrogen) atoms. The van der Waals surface area contributed by atoms with Crippen molar-refractivity contribution >= 4 is 29.1 Å². The molecule has 0 fully saturated rings. The van der Waals surface area contributed by atoms with E-state index in [4.69, 9.17) is 9.47 Å². The number of amides is 1. The molecular weight excluding hydrogens is 332 g/mol. The maximum absolute atomic E-state index is 12.2. The highest BCUT2D eigenvalue weighted by Crippen LogP contribution is 2.37. The fraction of sp³-hybridized carbons (Fsp3) is 0.333. The van der Waals surface area contributed by atoms with Crippen molar-refractivity contribution in [2.45, 2.75) is 25.4 Å². The number of carbonyl (C=O) groups excluding carboxylic acids is 2. The number of nitrogens with zero attached hydrogens (tertiary/aromatic N) is 2. The molecule has 0 aliphatic carbocycles.